The second-order valence-corrected chi connectivity index (χ2v) is 4.77. The molecule has 0 aliphatic heterocycles. The number of halogens is 2. The zero-order chi connectivity index (χ0) is 12.6. The molecular weight excluding hydrogens is 283 g/mol. The highest BCUT2D eigenvalue weighted by atomic mass is 79.9. The summed E-state index contributed by atoms with van der Waals surface area (Å²) in [6.07, 6.45) is 0.833. The zero-order valence-electron chi connectivity index (χ0n) is 10.1. The highest BCUT2D eigenvalue weighted by Crippen LogP contribution is 2.33. The number of benzene rings is 1. The minimum Gasteiger partial charge on any atom is -0.387 e. The summed E-state index contributed by atoms with van der Waals surface area (Å²) < 4.78 is 14.7. The SMILES string of the molecule is CCc1nc2c(Br)ccc(F)c2c(NC)c1C. The summed E-state index contributed by atoms with van der Waals surface area (Å²) in [5.41, 5.74) is 3.51. The summed E-state index contributed by atoms with van der Waals surface area (Å²) in [4.78, 5) is 4.54. The Balaban J connectivity index is 2.97. The Kier molecular flexibility index (Phi) is 3.33. The molecule has 0 unspecified atom stereocenters. The molecule has 1 aromatic heterocycles. The maximum absolute atomic E-state index is 13.9. The van der Waals surface area contributed by atoms with Crippen LogP contribution < -0.4 is 5.32 Å². The molecule has 1 aromatic carbocycles. The van der Waals surface area contributed by atoms with Gasteiger partial charge in [-0.3, -0.25) is 4.98 Å². The minimum absolute atomic E-state index is 0.245. The Bertz CT molecular complexity index is 581. The first-order valence-electron chi connectivity index (χ1n) is 5.55. The second kappa shape index (κ2) is 4.61. The number of hydrogen-bond donors (Lipinski definition) is 1. The first-order valence-corrected chi connectivity index (χ1v) is 6.34. The number of nitrogens with one attached hydrogen (secondary N) is 1. The number of nitrogens with zero attached hydrogens (tertiary/aromatic N) is 1. The van der Waals surface area contributed by atoms with Crippen LogP contribution in [0.5, 0.6) is 0 Å². The molecule has 2 nitrogen and oxygen atoms in total. The van der Waals surface area contributed by atoms with Gasteiger partial charge in [-0.1, -0.05) is 6.92 Å². The lowest BCUT2D eigenvalue weighted by atomic mass is 10.1. The summed E-state index contributed by atoms with van der Waals surface area (Å²) in [5, 5.41) is 3.63. The van der Waals surface area contributed by atoms with E-state index in [0.717, 1.165) is 27.8 Å². The Morgan fingerprint density at radius 1 is 1.41 bits per heavy atom. The van der Waals surface area contributed by atoms with E-state index >= 15 is 0 Å². The first-order chi connectivity index (χ1) is 8.10. The molecule has 0 aliphatic carbocycles. The van der Waals surface area contributed by atoms with E-state index in [9.17, 15) is 4.39 Å². The maximum atomic E-state index is 13.9. The first kappa shape index (κ1) is 12.3. The van der Waals surface area contributed by atoms with Crippen molar-refractivity contribution >= 4 is 32.5 Å². The summed E-state index contributed by atoms with van der Waals surface area (Å²) in [6, 6.07) is 3.15. The fraction of sp³-hybridized carbons (Fsp3) is 0.308. The van der Waals surface area contributed by atoms with Gasteiger partial charge in [-0.15, -0.1) is 0 Å². The van der Waals surface area contributed by atoms with Gasteiger partial charge in [0.05, 0.1) is 16.6 Å². The topological polar surface area (TPSA) is 24.9 Å². The zero-order valence-corrected chi connectivity index (χ0v) is 11.7. The molecule has 0 saturated carbocycles. The van der Waals surface area contributed by atoms with E-state index in [1.807, 2.05) is 20.9 Å². The van der Waals surface area contributed by atoms with Crippen LogP contribution in [0.3, 0.4) is 0 Å². The van der Waals surface area contributed by atoms with Crippen molar-refractivity contribution < 1.29 is 4.39 Å². The Labute approximate surface area is 108 Å². The van der Waals surface area contributed by atoms with Crippen LogP contribution in [-0.2, 0) is 6.42 Å². The number of pyridine rings is 1. The van der Waals surface area contributed by atoms with E-state index in [1.165, 1.54) is 6.07 Å². The summed E-state index contributed by atoms with van der Waals surface area (Å²) in [5.74, 6) is -0.245. The predicted molar refractivity (Wildman–Crippen MR) is 73.1 cm³/mol. The lowest BCUT2D eigenvalue weighted by Gasteiger charge is -2.14. The smallest absolute Gasteiger partial charge is 0.134 e. The van der Waals surface area contributed by atoms with E-state index < -0.39 is 0 Å². The average molecular weight is 297 g/mol. The number of hydrogen-bond acceptors (Lipinski definition) is 2. The van der Waals surface area contributed by atoms with Crippen molar-refractivity contribution in [2.75, 3.05) is 12.4 Å². The fourth-order valence-electron chi connectivity index (χ4n) is 2.10. The van der Waals surface area contributed by atoms with Gasteiger partial charge in [0, 0.05) is 17.2 Å². The van der Waals surface area contributed by atoms with Crippen LogP contribution in [0.15, 0.2) is 16.6 Å². The van der Waals surface area contributed by atoms with E-state index in [1.54, 1.807) is 6.07 Å². The van der Waals surface area contributed by atoms with E-state index in [2.05, 4.69) is 26.2 Å². The van der Waals surface area contributed by atoms with E-state index in [0.29, 0.717) is 10.9 Å². The molecule has 0 bridgehead atoms. The molecule has 17 heavy (non-hydrogen) atoms. The highest BCUT2D eigenvalue weighted by molar-refractivity contribution is 9.10. The minimum atomic E-state index is -0.245. The Hall–Kier alpha value is -1.16. The molecule has 0 saturated heterocycles. The van der Waals surface area contributed by atoms with Crippen molar-refractivity contribution in [1.29, 1.82) is 0 Å². The third kappa shape index (κ3) is 1.90. The van der Waals surface area contributed by atoms with E-state index in [-0.39, 0.29) is 5.82 Å². The van der Waals surface area contributed by atoms with Crippen LogP contribution in [0.4, 0.5) is 10.1 Å². The fourth-order valence-corrected chi connectivity index (χ4v) is 2.51. The van der Waals surface area contributed by atoms with Gasteiger partial charge >= 0.3 is 0 Å². The van der Waals surface area contributed by atoms with Gasteiger partial charge in [0.15, 0.2) is 0 Å². The molecule has 4 heteroatoms. The van der Waals surface area contributed by atoms with Crippen molar-refractivity contribution in [1.82, 2.24) is 4.98 Å². The molecule has 0 amide bonds. The number of aromatic nitrogens is 1. The predicted octanol–water partition coefficient (Wildman–Crippen LogP) is 4.05. The molecule has 0 atom stereocenters. The van der Waals surface area contributed by atoms with Crippen molar-refractivity contribution in [3.05, 3.63) is 33.7 Å². The summed E-state index contributed by atoms with van der Waals surface area (Å²) in [7, 11) is 1.81. The van der Waals surface area contributed by atoms with Gasteiger partial charge in [0.25, 0.3) is 0 Å². The highest BCUT2D eigenvalue weighted by Gasteiger charge is 2.15. The molecule has 0 radical (unpaired) electrons. The monoisotopic (exact) mass is 296 g/mol. The van der Waals surface area contributed by atoms with Crippen LogP contribution in [0.25, 0.3) is 10.9 Å². The molecule has 90 valence electrons. The van der Waals surface area contributed by atoms with Crippen LogP contribution in [0.1, 0.15) is 18.2 Å². The third-order valence-corrected chi connectivity index (χ3v) is 3.61. The standard InChI is InChI=1S/C13H14BrFN2/c1-4-10-7(2)12(16-3)11-9(15)6-5-8(14)13(11)17-10/h5-6H,4H2,1-3H3,(H,16,17). The van der Waals surface area contributed by atoms with Gasteiger partial charge in [-0.05, 0) is 47.0 Å². The lowest BCUT2D eigenvalue weighted by Crippen LogP contribution is -2.02. The largest absolute Gasteiger partial charge is 0.387 e. The van der Waals surface area contributed by atoms with Crippen molar-refractivity contribution in [2.45, 2.75) is 20.3 Å². The van der Waals surface area contributed by atoms with E-state index in [4.69, 9.17) is 0 Å². The van der Waals surface area contributed by atoms with Crippen LogP contribution >= 0.6 is 15.9 Å². The molecule has 1 N–H and O–H groups in total. The van der Waals surface area contributed by atoms with Crippen molar-refractivity contribution in [3.8, 4) is 0 Å². The number of fused-ring (bicyclic) bond motifs is 1. The van der Waals surface area contributed by atoms with Gasteiger partial charge in [-0.2, -0.15) is 0 Å². The third-order valence-electron chi connectivity index (χ3n) is 2.97. The molecular formula is C13H14BrFN2. The quantitative estimate of drug-likeness (QED) is 0.904. The number of aryl methyl sites for hydroxylation is 1. The second-order valence-electron chi connectivity index (χ2n) is 3.91. The van der Waals surface area contributed by atoms with Gasteiger partial charge in [0.2, 0.25) is 0 Å². The number of rotatable bonds is 2. The Morgan fingerprint density at radius 2 is 2.12 bits per heavy atom. The van der Waals surface area contributed by atoms with Crippen molar-refractivity contribution in [2.24, 2.45) is 0 Å². The number of anilines is 1. The molecule has 0 fully saturated rings. The average Bonchev–Trinajstić information content (AvgIpc) is 2.33. The van der Waals surface area contributed by atoms with Crippen LogP contribution in [-0.4, -0.2) is 12.0 Å². The van der Waals surface area contributed by atoms with Crippen LogP contribution in [0, 0.1) is 12.7 Å². The lowest BCUT2D eigenvalue weighted by molar-refractivity contribution is 0.639. The summed E-state index contributed by atoms with van der Waals surface area (Å²) in [6.45, 7) is 4.02. The molecule has 0 spiro atoms. The van der Waals surface area contributed by atoms with Gasteiger partial charge in [0.1, 0.15) is 5.82 Å². The molecule has 1 heterocycles. The normalized spacial score (nSPS) is 10.9. The molecule has 2 rings (SSSR count). The van der Waals surface area contributed by atoms with Gasteiger partial charge < -0.3 is 5.32 Å². The Morgan fingerprint density at radius 3 is 2.71 bits per heavy atom. The van der Waals surface area contributed by atoms with Gasteiger partial charge in [-0.25, -0.2) is 4.39 Å². The molecule has 0 aliphatic rings. The van der Waals surface area contributed by atoms with Crippen molar-refractivity contribution in [3.63, 3.8) is 0 Å². The summed E-state index contributed by atoms with van der Waals surface area (Å²) >= 11 is 3.43. The molecule has 2 aromatic rings. The van der Waals surface area contributed by atoms with Crippen LogP contribution in [0.2, 0.25) is 0 Å². The maximum Gasteiger partial charge on any atom is 0.134 e.